The van der Waals surface area contributed by atoms with E-state index < -0.39 is 5.97 Å². The van der Waals surface area contributed by atoms with Gasteiger partial charge in [0.1, 0.15) is 11.4 Å². The first-order valence-electron chi connectivity index (χ1n) is 11.1. The maximum atomic E-state index is 12.9. The minimum atomic E-state index is -0.438. The van der Waals surface area contributed by atoms with Gasteiger partial charge in [0.2, 0.25) is 5.91 Å². The number of ether oxygens (including phenoxy) is 2. The van der Waals surface area contributed by atoms with Crippen molar-refractivity contribution in [2.75, 3.05) is 25.1 Å². The normalized spacial score (nSPS) is 18.0. The summed E-state index contributed by atoms with van der Waals surface area (Å²) >= 11 is 0. The van der Waals surface area contributed by atoms with E-state index in [9.17, 15) is 14.4 Å². The van der Waals surface area contributed by atoms with Crippen LogP contribution in [0.25, 0.3) is 0 Å². The Hall–Kier alpha value is -3.29. The molecule has 1 N–H and O–H groups in total. The van der Waals surface area contributed by atoms with E-state index in [1.807, 2.05) is 40.9 Å². The molecule has 3 heterocycles. The Bertz CT molecular complexity index is 999. The second-order valence-corrected chi connectivity index (χ2v) is 8.32. The van der Waals surface area contributed by atoms with E-state index in [1.165, 1.54) is 0 Å². The lowest BCUT2D eigenvalue weighted by Crippen LogP contribution is -2.44. The van der Waals surface area contributed by atoms with Crippen LogP contribution in [0.4, 0.5) is 5.69 Å². The predicted octanol–water partition coefficient (Wildman–Crippen LogP) is 2.92. The molecule has 1 aromatic carbocycles. The summed E-state index contributed by atoms with van der Waals surface area (Å²) in [6.07, 6.45) is 6.55. The van der Waals surface area contributed by atoms with Gasteiger partial charge in [0.25, 0.3) is 5.91 Å². The Morgan fingerprint density at radius 3 is 2.88 bits per heavy atom. The summed E-state index contributed by atoms with van der Waals surface area (Å²) in [5.74, 6) is 0.174. The van der Waals surface area contributed by atoms with Gasteiger partial charge < -0.3 is 24.3 Å². The minimum absolute atomic E-state index is 0.0108. The first-order chi connectivity index (χ1) is 15.5. The maximum absolute atomic E-state index is 12.9. The zero-order valence-electron chi connectivity index (χ0n) is 18.3. The average Bonchev–Trinajstić information content (AvgIpc) is 3.23. The Kier molecular flexibility index (Phi) is 6.78. The van der Waals surface area contributed by atoms with Gasteiger partial charge in [0.05, 0.1) is 6.61 Å². The highest BCUT2D eigenvalue weighted by molar-refractivity contribution is 5.94. The summed E-state index contributed by atoms with van der Waals surface area (Å²) in [5.41, 5.74) is 2.46. The maximum Gasteiger partial charge on any atom is 0.344 e. The van der Waals surface area contributed by atoms with Crippen LogP contribution in [0.5, 0.6) is 5.75 Å². The zero-order valence-corrected chi connectivity index (χ0v) is 18.3. The summed E-state index contributed by atoms with van der Waals surface area (Å²) in [7, 11) is 1.87. The molecular formula is C24H29N3O5. The van der Waals surface area contributed by atoms with Crippen molar-refractivity contribution in [1.29, 1.82) is 0 Å². The number of amides is 2. The molecule has 2 aliphatic heterocycles. The van der Waals surface area contributed by atoms with Crippen molar-refractivity contribution in [2.45, 2.75) is 44.6 Å². The second kappa shape index (κ2) is 9.89. The van der Waals surface area contributed by atoms with Gasteiger partial charge >= 0.3 is 5.97 Å². The lowest BCUT2D eigenvalue weighted by molar-refractivity contribution is -0.146. The molecule has 0 spiro atoms. The Morgan fingerprint density at radius 1 is 1.19 bits per heavy atom. The fourth-order valence-corrected chi connectivity index (χ4v) is 4.34. The van der Waals surface area contributed by atoms with E-state index in [0.717, 1.165) is 37.1 Å². The van der Waals surface area contributed by atoms with Crippen LogP contribution in [-0.2, 0) is 27.8 Å². The summed E-state index contributed by atoms with van der Waals surface area (Å²) in [5, 5.41) is 2.82. The van der Waals surface area contributed by atoms with Gasteiger partial charge in [-0.1, -0.05) is 0 Å². The van der Waals surface area contributed by atoms with Gasteiger partial charge in [0.15, 0.2) is 6.61 Å². The monoisotopic (exact) mass is 439 g/mol. The largest absolute Gasteiger partial charge is 0.482 e. The number of piperidine rings is 1. The molecule has 0 saturated carbocycles. The van der Waals surface area contributed by atoms with E-state index in [4.69, 9.17) is 9.47 Å². The third-order valence-corrected chi connectivity index (χ3v) is 6.09. The number of rotatable bonds is 7. The van der Waals surface area contributed by atoms with E-state index >= 15 is 0 Å². The molecular weight excluding hydrogens is 410 g/mol. The van der Waals surface area contributed by atoms with Crippen molar-refractivity contribution in [3.05, 3.63) is 47.8 Å². The Morgan fingerprint density at radius 2 is 2.06 bits per heavy atom. The molecule has 0 aliphatic carbocycles. The molecule has 0 bridgehead atoms. The number of fused-ring (bicyclic) bond motifs is 1. The zero-order chi connectivity index (χ0) is 22.5. The predicted molar refractivity (Wildman–Crippen MR) is 119 cm³/mol. The number of esters is 1. The van der Waals surface area contributed by atoms with Gasteiger partial charge in [-0.25, -0.2) is 4.79 Å². The summed E-state index contributed by atoms with van der Waals surface area (Å²) in [6.45, 7) is 0.798. The summed E-state index contributed by atoms with van der Waals surface area (Å²) in [4.78, 5) is 38.4. The summed E-state index contributed by atoms with van der Waals surface area (Å²) in [6, 6.07) is 9.13. The molecule has 1 atom stereocenters. The number of hydrogen-bond acceptors (Lipinski definition) is 5. The number of benzene rings is 1. The first kappa shape index (κ1) is 21.9. The van der Waals surface area contributed by atoms with Crippen molar-refractivity contribution in [2.24, 2.45) is 7.05 Å². The van der Waals surface area contributed by atoms with Crippen molar-refractivity contribution in [3.8, 4) is 5.75 Å². The molecule has 1 saturated heterocycles. The van der Waals surface area contributed by atoms with Crippen molar-refractivity contribution >= 4 is 23.5 Å². The number of carbonyl (C=O) groups excluding carboxylic acids is 3. The van der Waals surface area contributed by atoms with Crippen LogP contribution < -0.4 is 10.1 Å². The van der Waals surface area contributed by atoms with E-state index in [0.29, 0.717) is 30.7 Å². The molecule has 1 aromatic heterocycles. The van der Waals surface area contributed by atoms with Crippen LogP contribution in [0.15, 0.2) is 36.5 Å². The molecule has 2 amide bonds. The number of likely N-dealkylation sites (tertiary alicyclic amines) is 1. The lowest BCUT2D eigenvalue weighted by atomic mass is 9.99. The van der Waals surface area contributed by atoms with Crippen LogP contribution >= 0.6 is 0 Å². The summed E-state index contributed by atoms with van der Waals surface area (Å²) < 4.78 is 12.8. The van der Waals surface area contributed by atoms with Gasteiger partial charge in [-0.3, -0.25) is 9.59 Å². The van der Waals surface area contributed by atoms with Crippen LogP contribution in [0.2, 0.25) is 0 Å². The fraction of sp³-hybridized carbons (Fsp3) is 0.458. The Balaban J connectivity index is 1.24. The molecule has 1 unspecified atom stereocenters. The number of carbonyl (C=O) groups is 3. The number of aromatic nitrogens is 1. The molecule has 4 rings (SSSR count). The molecule has 8 nitrogen and oxygen atoms in total. The first-order valence-corrected chi connectivity index (χ1v) is 11.1. The minimum Gasteiger partial charge on any atom is -0.482 e. The van der Waals surface area contributed by atoms with Crippen molar-refractivity contribution < 1.29 is 23.9 Å². The highest BCUT2D eigenvalue weighted by Crippen LogP contribution is 2.27. The molecule has 0 radical (unpaired) electrons. The highest BCUT2D eigenvalue weighted by Gasteiger charge is 2.28. The quantitative estimate of drug-likeness (QED) is 0.670. The standard InChI is InChI=1S/C24H29N3O5/c1-26-12-4-6-21(26)24(30)27-13-3-2-5-18(27)11-14-31-23(29)16-32-19-8-9-20-17(15-19)7-10-22(28)25-20/h4,6,8-9,12,15,18H,2-3,5,7,10-11,13-14,16H2,1H3,(H,25,28). The second-order valence-electron chi connectivity index (χ2n) is 8.32. The lowest BCUT2D eigenvalue weighted by Gasteiger charge is -2.35. The van der Waals surface area contributed by atoms with Crippen molar-refractivity contribution in [1.82, 2.24) is 9.47 Å². The molecule has 2 aromatic rings. The third kappa shape index (κ3) is 5.12. The molecule has 8 heteroatoms. The topological polar surface area (TPSA) is 89.9 Å². The number of aryl methyl sites for hydroxylation is 2. The molecule has 2 aliphatic rings. The van der Waals surface area contributed by atoms with Crippen LogP contribution in [0, 0.1) is 0 Å². The average molecular weight is 440 g/mol. The van der Waals surface area contributed by atoms with Gasteiger partial charge in [0, 0.05) is 44.4 Å². The SMILES string of the molecule is Cn1cccc1C(=O)N1CCCCC1CCOC(=O)COc1ccc2c(c1)CCC(=O)N2. The smallest absolute Gasteiger partial charge is 0.344 e. The fourth-order valence-electron chi connectivity index (χ4n) is 4.34. The van der Waals surface area contributed by atoms with E-state index in [2.05, 4.69) is 5.32 Å². The molecule has 170 valence electrons. The van der Waals surface area contributed by atoms with Crippen LogP contribution in [0.3, 0.4) is 0 Å². The third-order valence-electron chi connectivity index (χ3n) is 6.09. The van der Waals surface area contributed by atoms with E-state index in [-0.39, 0.29) is 31.1 Å². The number of nitrogens with one attached hydrogen (secondary N) is 1. The number of nitrogens with zero attached hydrogens (tertiary/aromatic N) is 2. The van der Waals surface area contributed by atoms with Crippen molar-refractivity contribution in [3.63, 3.8) is 0 Å². The van der Waals surface area contributed by atoms with Gasteiger partial charge in [-0.05, 0) is 61.6 Å². The number of hydrogen-bond donors (Lipinski definition) is 1. The highest BCUT2D eigenvalue weighted by atomic mass is 16.6. The number of anilines is 1. The van der Waals surface area contributed by atoms with Gasteiger partial charge in [-0.2, -0.15) is 0 Å². The molecule has 32 heavy (non-hydrogen) atoms. The van der Waals surface area contributed by atoms with Gasteiger partial charge in [-0.15, -0.1) is 0 Å². The Labute approximate surface area is 187 Å². The van der Waals surface area contributed by atoms with Crippen LogP contribution in [0.1, 0.15) is 48.2 Å². The molecule has 1 fully saturated rings. The van der Waals surface area contributed by atoms with E-state index in [1.54, 1.807) is 12.1 Å². The van der Waals surface area contributed by atoms with Crippen LogP contribution in [-0.4, -0.2) is 53.1 Å².